The van der Waals surface area contributed by atoms with Crippen molar-refractivity contribution in [2.24, 2.45) is 0 Å². The molecule has 0 bridgehead atoms. The molecule has 3 aromatic carbocycles. The van der Waals surface area contributed by atoms with Gasteiger partial charge in [0.25, 0.3) is 0 Å². The molecule has 15 heteroatoms. The molecule has 3 aromatic rings. The van der Waals surface area contributed by atoms with Crippen LogP contribution in [0.15, 0.2) is 91.0 Å². The molecule has 3 rings (SSSR count). The molecule has 0 amide bonds. The van der Waals surface area contributed by atoms with Gasteiger partial charge in [-0.15, -0.1) is 0 Å². The Labute approximate surface area is 216 Å². The molecule has 6 radical (unpaired) electrons. The molecule has 0 aliphatic rings. The Morgan fingerprint density at radius 3 is 0.629 bits per heavy atom. The van der Waals surface area contributed by atoms with E-state index in [-0.39, 0.29) is 24.4 Å². The Bertz CT molecular complexity index is 869. The zero-order valence-corrected chi connectivity index (χ0v) is 21.3. The summed E-state index contributed by atoms with van der Waals surface area (Å²) in [6, 6.07) is 37.5. The predicted molar refractivity (Wildman–Crippen MR) is 113 cm³/mol. The van der Waals surface area contributed by atoms with Crippen LogP contribution in [0.5, 0.6) is 0 Å². The summed E-state index contributed by atoms with van der Waals surface area (Å²) in [5, 5.41) is 0. The van der Waals surface area contributed by atoms with Gasteiger partial charge in [0.15, 0.2) is 20.2 Å². The van der Waals surface area contributed by atoms with Gasteiger partial charge in [0, 0.05) is 24.4 Å². The van der Waals surface area contributed by atoms with Crippen LogP contribution in [0.25, 0.3) is 0 Å². The predicted octanol–water partition coefficient (Wildman–Crippen LogP) is 4.18. The van der Waals surface area contributed by atoms with Gasteiger partial charge in [0.2, 0.25) is 0 Å². The number of hydrogen-bond acceptors (Lipinski definition) is 6. The third-order valence-corrected chi connectivity index (χ3v) is 3.52. The van der Waals surface area contributed by atoms with Gasteiger partial charge in [-0.2, -0.15) is 26.3 Å². The fraction of sp³-hybridized carbons (Fsp3) is 0.100. The zero-order valence-electron chi connectivity index (χ0n) is 17.1. The van der Waals surface area contributed by atoms with Crippen molar-refractivity contribution in [1.82, 2.24) is 0 Å². The molecule has 6 nitrogen and oxygen atoms in total. The fourth-order valence-corrected chi connectivity index (χ4v) is 1.03. The average Bonchev–Trinajstić information content (AvgIpc) is 2.76. The quantitative estimate of drug-likeness (QED) is 0.156. The number of alkyl halides is 6. The molecule has 0 aromatic heterocycles. The number of hydrogen-bond donors (Lipinski definition) is 0. The normalized spacial score (nSPS) is 10.5. The second-order valence-electron chi connectivity index (χ2n) is 5.03. The topological polar surface area (TPSA) is 114 Å². The van der Waals surface area contributed by atoms with Crippen LogP contribution < -0.4 is 0 Å². The van der Waals surface area contributed by atoms with Gasteiger partial charge in [-0.3, -0.25) is 0 Å². The summed E-state index contributed by atoms with van der Waals surface area (Å²) in [5.41, 5.74) is -11.3. The summed E-state index contributed by atoms with van der Waals surface area (Å²) in [7, 11) is -12.2. The molecular weight excluding hydrogens is 636 g/mol. The maximum Gasteiger partial charge on any atom is 0.485 e. The van der Waals surface area contributed by atoms with Crippen molar-refractivity contribution in [3.05, 3.63) is 109 Å². The van der Waals surface area contributed by atoms with Crippen LogP contribution in [0, 0.1) is 18.2 Å². The summed E-state index contributed by atoms with van der Waals surface area (Å²) >= 11 is 0. The maximum atomic E-state index is 10.7. The first-order valence-electron chi connectivity index (χ1n) is 8.27. The molecule has 192 valence electrons. The standard InChI is InChI=1S/3C6H5.2CHF3O3S.Sb/c3*1-2-4-6-5-3-1;2*2-1(3,4)8(5,6)7;/h3*1-5H;2*(H,5,6,7);/p-2. The minimum atomic E-state index is -6.09. The molecular formula is C20H15F6O6S2Sb-2. The van der Waals surface area contributed by atoms with Crippen LogP contribution in [-0.4, -0.2) is 61.4 Å². The van der Waals surface area contributed by atoms with E-state index in [1.165, 1.54) is 0 Å². The van der Waals surface area contributed by atoms with E-state index in [4.69, 9.17) is 25.9 Å². The van der Waals surface area contributed by atoms with E-state index < -0.39 is 31.3 Å². The van der Waals surface area contributed by atoms with E-state index >= 15 is 0 Å². The Kier molecular flexibility index (Phi) is 20.4. The summed E-state index contributed by atoms with van der Waals surface area (Å²) in [6.45, 7) is 0. The fourth-order valence-electron chi connectivity index (χ4n) is 1.03. The van der Waals surface area contributed by atoms with Gasteiger partial charge in [0.1, 0.15) is 0 Å². The Morgan fingerprint density at radius 2 is 0.600 bits per heavy atom. The van der Waals surface area contributed by atoms with Crippen LogP contribution in [0.1, 0.15) is 0 Å². The van der Waals surface area contributed by atoms with Crippen LogP contribution in [0.2, 0.25) is 0 Å². The van der Waals surface area contributed by atoms with E-state index in [0.717, 1.165) is 0 Å². The van der Waals surface area contributed by atoms with E-state index in [9.17, 15) is 26.3 Å². The molecule has 0 unspecified atom stereocenters. The van der Waals surface area contributed by atoms with E-state index in [1.807, 2.05) is 91.0 Å². The average molecular weight is 651 g/mol. The zero-order chi connectivity index (χ0) is 26.7. The molecule has 0 saturated carbocycles. The van der Waals surface area contributed by atoms with Crippen LogP contribution in [-0.2, 0) is 20.2 Å². The van der Waals surface area contributed by atoms with Crippen molar-refractivity contribution < 1.29 is 52.3 Å². The first-order valence-corrected chi connectivity index (χ1v) is 11.1. The minimum absolute atomic E-state index is 0. The molecule has 35 heavy (non-hydrogen) atoms. The van der Waals surface area contributed by atoms with E-state index in [1.54, 1.807) is 0 Å². The molecule has 0 N–H and O–H groups in total. The summed E-state index contributed by atoms with van der Waals surface area (Å²) in [6.07, 6.45) is 0. The Hall–Kier alpha value is -2.12. The summed E-state index contributed by atoms with van der Waals surface area (Å²) < 4.78 is 118. The van der Waals surface area contributed by atoms with Gasteiger partial charge >= 0.3 is 11.0 Å². The molecule has 0 fully saturated rings. The van der Waals surface area contributed by atoms with Gasteiger partial charge < -0.3 is 9.11 Å². The van der Waals surface area contributed by atoms with Crippen LogP contribution in [0.4, 0.5) is 26.3 Å². The van der Waals surface area contributed by atoms with Crippen LogP contribution >= 0.6 is 0 Å². The second kappa shape index (κ2) is 19.1. The van der Waals surface area contributed by atoms with E-state index in [2.05, 4.69) is 18.2 Å². The van der Waals surface area contributed by atoms with Gasteiger partial charge in [-0.05, 0) is 18.2 Å². The van der Waals surface area contributed by atoms with E-state index in [0.29, 0.717) is 0 Å². The Balaban J connectivity index is -0.000000365. The third kappa shape index (κ3) is 24.8. The molecule has 0 aliphatic carbocycles. The number of halogens is 6. The van der Waals surface area contributed by atoms with Gasteiger partial charge in [-0.25, -0.2) is 16.8 Å². The second-order valence-corrected chi connectivity index (χ2v) is 7.77. The monoisotopic (exact) mass is 650 g/mol. The van der Waals surface area contributed by atoms with Crippen molar-refractivity contribution in [2.45, 2.75) is 11.0 Å². The minimum Gasteiger partial charge on any atom is -0.741 e. The van der Waals surface area contributed by atoms with Gasteiger partial charge in [-0.1, -0.05) is 91.0 Å². The van der Waals surface area contributed by atoms with Crippen LogP contribution in [0.3, 0.4) is 0 Å². The van der Waals surface area contributed by atoms with Crippen molar-refractivity contribution in [3.8, 4) is 0 Å². The first-order chi connectivity index (χ1) is 15.5. The first kappa shape index (κ1) is 37.4. The summed E-state index contributed by atoms with van der Waals surface area (Å²) in [4.78, 5) is 0. The molecule has 0 saturated heterocycles. The summed E-state index contributed by atoms with van der Waals surface area (Å²) in [5.74, 6) is 0. The van der Waals surface area contributed by atoms with Crippen molar-refractivity contribution in [3.63, 3.8) is 0 Å². The third-order valence-electron chi connectivity index (χ3n) is 2.39. The smallest absolute Gasteiger partial charge is 0.485 e. The molecule has 0 spiro atoms. The van der Waals surface area contributed by atoms with Crippen molar-refractivity contribution >= 4 is 44.7 Å². The van der Waals surface area contributed by atoms with Crippen molar-refractivity contribution in [2.75, 3.05) is 0 Å². The maximum absolute atomic E-state index is 10.7. The number of benzene rings is 3. The van der Waals surface area contributed by atoms with Crippen molar-refractivity contribution in [1.29, 1.82) is 0 Å². The SMILES string of the molecule is O=S(=O)([O-])C(F)(F)F.O=S(=O)([O-])C(F)(F)F.[Sb].[c]1ccccc1.[c]1ccccc1.[c]1ccccc1. The number of rotatable bonds is 0. The largest absolute Gasteiger partial charge is 0.741 e. The molecule has 0 aliphatic heterocycles. The molecule has 0 atom stereocenters. The molecule has 0 heterocycles. The Morgan fingerprint density at radius 1 is 0.457 bits per heavy atom. The van der Waals surface area contributed by atoms with Gasteiger partial charge in [0.05, 0.1) is 0 Å².